The molecule has 0 aliphatic rings. The van der Waals surface area contributed by atoms with Crippen molar-refractivity contribution >= 4 is 23.3 Å². The first-order valence-electron chi connectivity index (χ1n) is 8.26. The number of fused-ring (bicyclic) bond motifs is 1. The zero-order valence-electron chi connectivity index (χ0n) is 14.1. The maximum Gasteiger partial charge on any atom is 0.407 e. The van der Waals surface area contributed by atoms with Crippen LogP contribution in [0.5, 0.6) is 0 Å². The molecule has 0 aliphatic carbocycles. The van der Waals surface area contributed by atoms with Gasteiger partial charge in [-0.3, -0.25) is 4.79 Å². The summed E-state index contributed by atoms with van der Waals surface area (Å²) >= 11 is 0. The summed E-state index contributed by atoms with van der Waals surface area (Å²) < 4.78 is 5.12. The van der Waals surface area contributed by atoms with Gasteiger partial charge in [-0.15, -0.1) is 0 Å². The van der Waals surface area contributed by atoms with E-state index in [0.29, 0.717) is 18.5 Å². The Morgan fingerprint density at radius 3 is 2.85 bits per heavy atom. The molecule has 0 saturated heterocycles. The van der Waals surface area contributed by atoms with Gasteiger partial charge in [-0.25, -0.2) is 4.79 Å². The Bertz CT molecular complexity index is 965. The molecule has 3 aromatic rings. The van der Waals surface area contributed by atoms with Crippen LogP contribution < -0.4 is 5.32 Å². The summed E-state index contributed by atoms with van der Waals surface area (Å²) in [6.45, 7) is 0.653. The smallest absolute Gasteiger partial charge is 0.407 e. The summed E-state index contributed by atoms with van der Waals surface area (Å²) in [4.78, 5) is 25.6. The highest BCUT2D eigenvalue weighted by Crippen LogP contribution is 2.18. The quantitative estimate of drug-likeness (QED) is 0.421. The second-order valence-electron chi connectivity index (χ2n) is 5.66. The van der Waals surface area contributed by atoms with Crippen LogP contribution in [0, 0.1) is 11.8 Å². The predicted molar refractivity (Wildman–Crippen MR) is 99.8 cm³/mol. The van der Waals surface area contributed by atoms with Gasteiger partial charge in [-0.05, 0) is 23.8 Å². The van der Waals surface area contributed by atoms with Gasteiger partial charge in [0.15, 0.2) is 6.29 Å². The zero-order valence-corrected chi connectivity index (χ0v) is 14.1. The number of hydrogen-bond donors (Lipinski definition) is 2. The summed E-state index contributed by atoms with van der Waals surface area (Å²) in [5.74, 6) is 6.04. The van der Waals surface area contributed by atoms with E-state index in [1.165, 1.54) is 0 Å². The number of aldehydes is 1. The Morgan fingerprint density at radius 2 is 2.04 bits per heavy atom. The van der Waals surface area contributed by atoms with E-state index >= 15 is 0 Å². The first-order valence-corrected chi connectivity index (χ1v) is 8.26. The molecule has 2 N–H and O–H groups in total. The third-order valence-corrected chi connectivity index (χ3v) is 3.81. The lowest BCUT2D eigenvalue weighted by atomic mass is 10.1. The van der Waals surface area contributed by atoms with Crippen LogP contribution in [0.25, 0.3) is 10.9 Å². The first-order chi connectivity index (χ1) is 12.8. The Balaban J connectivity index is 1.45. The fourth-order valence-electron chi connectivity index (χ4n) is 2.48. The Morgan fingerprint density at radius 1 is 1.19 bits per heavy atom. The lowest BCUT2D eigenvalue weighted by Gasteiger charge is -2.05. The van der Waals surface area contributed by atoms with Crippen LogP contribution in [0.15, 0.2) is 54.7 Å². The lowest BCUT2D eigenvalue weighted by Crippen LogP contribution is -2.24. The highest BCUT2D eigenvalue weighted by Gasteiger charge is 2.03. The number of nitrogens with one attached hydrogen (secondary N) is 2. The summed E-state index contributed by atoms with van der Waals surface area (Å²) in [6, 6.07) is 15.2. The van der Waals surface area contributed by atoms with Crippen LogP contribution in [0.1, 0.15) is 27.9 Å². The number of aromatic nitrogens is 1. The van der Waals surface area contributed by atoms with Crippen molar-refractivity contribution in [3.8, 4) is 11.8 Å². The predicted octanol–water partition coefficient (Wildman–Crippen LogP) is 3.65. The minimum absolute atomic E-state index is 0.244. The van der Waals surface area contributed by atoms with Crippen molar-refractivity contribution in [1.29, 1.82) is 0 Å². The molecule has 3 rings (SSSR count). The molecule has 0 spiro atoms. The molecule has 2 aromatic carbocycles. The van der Waals surface area contributed by atoms with Gasteiger partial charge >= 0.3 is 6.09 Å². The van der Waals surface area contributed by atoms with Gasteiger partial charge < -0.3 is 15.0 Å². The summed E-state index contributed by atoms with van der Waals surface area (Å²) in [5, 5.41) is 3.52. The van der Waals surface area contributed by atoms with Crippen LogP contribution in [0.3, 0.4) is 0 Å². The third-order valence-electron chi connectivity index (χ3n) is 3.81. The SMILES string of the molecule is O=Cc1c[nH]c2ccc(C#CCCNC(=O)OCc3ccccc3)cc12. The average molecular weight is 346 g/mol. The number of H-pyrrole nitrogens is 1. The van der Waals surface area contributed by atoms with Crippen LogP contribution in [0.4, 0.5) is 4.79 Å². The van der Waals surface area contributed by atoms with Gasteiger partial charge in [0.1, 0.15) is 6.61 Å². The van der Waals surface area contributed by atoms with Gasteiger partial charge in [0, 0.05) is 41.2 Å². The Labute approximate surface area is 151 Å². The van der Waals surface area contributed by atoms with Crippen LogP contribution >= 0.6 is 0 Å². The van der Waals surface area contributed by atoms with E-state index < -0.39 is 6.09 Å². The number of benzene rings is 2. The van der Waals surface area contributed by atoms with Crippen molar-refractivity contribution in [3.05, 3.63) is 71.4 Å². The van der Waals surface area contributed by atoms with Gasteiger partial charge in [0.2, 0.25) is 0 Å². The van der Waals surface area contributed by atoms with E-state index in [9.17, 15) is 9.59 Å². The molecule has 0 atom stereocenters. The van der Waals surface area contributed by atoms with Crippen molar-refractivity contribution in [3.63, 3.8) is 0 Å². The molecule has 0 unspecified atom stereocenters. The summed E-state index contributed by atoms with van der Waals surface area (Å²) in [6.07, 6.45) is 2.55. The van der Waals surface area contributed by atoms with Gasteiger partial charge in [-0.1, -0.05) is 42.2 Å². The highest BCUT2D eigenvalue weighted by molar-refractivity contribution is 5.97. The van der Waals surface area contributed by atoms with Crippen LogP contribution in [0.2, 0.25) is 0 Å². The average Bonchev–Trinajstić information content (AvgIpc) is 3.09. The van der Waals surface area contributed by atoms with Crippen molar-refractivity contribution in [2.45, 2.75) is 13.0 Å². The molecule has 1 amide bonds. The fraction of sp³-hybridized carbons (Fsp3) is 0.143. The van der Waals surface area contributed by atoms with Crippen molar-refractivity contribution in [1.82, 2.24) is 10.3 Å². The maximum atomic E-state index is 11.6. The standard InChI is InChI=1S/C21H18N2O3/c24-14-18-13-23-20-10-9-16(12-19(18)20)6-4-5-11-22-21(25)26-15-17-7-2-1-3-8-17/h1-3,7-10,12-14,23H,5,11,15H2,(H,22,25). The van der Waals surface area contributed by atoms with E-state index in [1.54, 1.807) is 6.20 Å². The van der Waals surface area contributed by atoms with E-state index in [2.05, 4.69) is 22.1 Å². The molecule has 0 fully saturated rings. The first kappa shape index (κ1) is 17.3. The molecule has 5 nitrogen and oxygen atoms in total. The number of hydrogen-bond acceptors (Lipinski definition) is 3. The summed E-state index contributed by atoms with van der Waals surface area (Å²) in [5.41, 5.74) is 3.29. The number of carbonyl (C=O) groups excluding carboxylic acids is 2. The number of alkyl carbamates (subject to hydrolysis) is 1. The van der Waals surface area contributed by atoms with E-state index in [1.807, 2.05) is 48.5 Å². The van der Waals surface area contributed by atoms with Gasteiger partial charge in [-0.2, -0.15) is 0 Å². The molecular formula is C21H18N2O3. The topological polar surface area (TPSA) is 71.2 Å². The normalized spacial score (nSPS) is 10.0. The number of amides is 1. The van der Waals surface area contributed by atoms with E-state index in [4.69, 9.17) is 4.74 Å². The summed E-state index contributed by atoms with van der Waals surface area (Å²) in [7, 11) is 0. The minimum atomic E-state index is -0.458. The molecule has 130 valence electrons. The minimum Gasteiger partial charge on any atom is -0.445 e. The third kappa shape index (κ3) is 4.52. The van der Waals surface area contributed by atoms with Crippen molar-refractivity contribution in [2.24, 2.45) is 0 Å². The molecule has 1 aromatic heterocycles. The monoisotopic (exact) mass is 346 g/mol. The largest absolute Gasteiger partial charge is 0.445 e. The highest BCUT2D eigenvalue weighted by atomic mass is 16.5. The Kier molecular flexibility index (Phi) is 5.69. The molecule has 26 heavy (non-hydrogen) atoms. The molecule has 0 saturated carbocycles. The Hall–Kier alpha value is -3.52. The van der Waals surface area contributed by atoms with Crippen molar-refractivity contribution in [2.75, 3.05) is 6.54 Å². The molecule has 0 aliphatic heterocycles. The van der Waals surface area contributed by atoms with E-state index in [-0.39, 0.29) is 6.61 Å². The van der Waals surface area contributed by atoms with Gasteiger partial charge in [0.05, 0.1) is 0 Å². The fourth-order valence-corrected chi connectivity index (χ4v) is 2.48. The lowest BCUT2D eigenvalue weighted by molar-refractivity contribution is 0.112. The molecular weight excluding hydrogens is 328 g/mol. The molecule has 1 heterocycles. The molecule has 0 radical (unpaired) electrons. The second-order valence-corrected chi connectivity index (χ2v) is 5.66. The number of carbonyl (C=O) groups is 2. The number of aromatic amines is 1. The number of rotatable bonds is 5. The maximum absolute atomic E-state index is 11.6. The number of ether oxygens (including phenoxy) is 1. The second kappa shape index (κ2) is 8.54. The van der Waals surface area contributed by atoms with E-state index in [0.717, 1.165) is 28.3 Å². The van der Waals surface area contributed by atoms with Gasteiger partial charge in [0.25, 0.3) is 0 Å². The van der Waals surface area contributed by atoms with Crippen molar-refractivity contribution < 1.29 is 14.3 Å². The molecule has 5 heteroatoms. The van der Waals surface area contributed by atoms with Crippen LogP contribution in [-0.4, -0.2) is 23.9 Å². The van der Waals surface area contributed by atoms with Crippen LogP contribution in [-0.2, 0) is 11.3 Å². The molecule has 0 bridgehead atoms. The zero-order chi connectivity index (χ0) is 18.2.